The minimum absolute atomic E-state index is 0.126. The number of esters is 1. The second kappa shape index (κ2) is 5.19. The molecule has 0 aromatic rings. The van der Waals surface area contributed by atoms with E-state index in [9.17, 15) is 9.90 Å². The highest BCUT2D eigenvalue weighted by Gasteiger charge is 2.23. The van der Waals surface area contributed by atoms with Gasteiger partial charge in [0.15, 0.2) is 0 Å². The van der Waals surface area contributed by atoms with E-state index in [1.54, 1.807) is 0 Å². The van der Waals surface area contributed by atoms with Crippen LogP contribution < -0.4 is 5.32 Å². The summed E-state index contributed by atoms with van der Waals surface area (Å²) in [6, 6.07) is 0. The van der Waals surface area contributed by atoms with Gasteiger partial charge in [0.2, 0.25) is 0 Å². The van der Waals surface area contributed by atoms with Gasteiger partial charge in [0.05, 0.1) is 19.6 Å². The van der Waals surface area contributed by atoms with Crippen molar-refractivity contribution in [1.29, 1.82) is 0 Å². The van der Waals surface area contributed by atoms with E-state index in [1.807, 2.05) is 0 Å². The van der Waals surface area contributed by atoms with E-state index in [4.69, 9.17) is 0 Å². The Morgan fingerprint density at radius 2 is 2.23 bits per heavy atom. The molecule has 1 saturated heterocycles. The largest absolute Gasteiger partial charge is 0.469 e. The molecule has 76 valence electrons. The molecule has 1 aliphatic rings. The van der Waals surface area contributed by atoms with Gasteiger partial charge in [-0.15, -0.1) is 0 Å². The second-order valence-electron chi connectivity index (χ2n) is 3.44. The molecule has 0 radical (unpaired) electrons. The highest BCUT2D eigenvalue weighted by atomic mass is 16.5. The third-order valence-electron chi connectivity index (χ3n) is 2.53. The minimum Gasteiger partial charge on any atom is -0.469 e. The number of carbonyl (C=O) groups excluding carboxylic acids is 1. The van der Waals surface area contributed by atoms with Crippen molar-refractivity contribution in [3.63, 3.8) is 0 Å². The van der Waals surface area contributed by atoms with Crippen LogP contribution in [0.25, 0.3) is 0 Å². The molecule has 1 aliphatic heterocycles. The molecular formula is C9H17NO3. The maximum Gasteiger partial charge on any atom is 0.308 e. The number of rotatable bonds is 3. The van der Waals surface area contributed by atoms with Crippen molar-refractivity contribution < 1.29 is 14.6 Å². The Balaban J connectivity index is 2.28. The molecule has 1 fully saturated rings. The van der Waals surface area contributed by atoms with Gasteiger partial charge < -0.3 is 15.2 Å². The lowest BCUT2D eigenvalue weighted by atomic mass is 9.90. The first-order chi connectivity index (χ1) is 6.24. The molecule has 0 aliphatic carbocycles. The smallest absolute Gasteiger partial charge is 0.308 e. The zero-order valence-corrected chi connectivity index (χ0v) is 7.95. The SMILES string of the molecule is COC(=O)C[C@H](O)C1CCNCC1. The fraction of sp³-hybridized carbons (Fsp3) is 0.889. The van der Waals surface area contributed by atoms with E-state index in [0.29, 0.717) is 0 Å². The number of carbonyl (C=O) groups is 1. The summed E-state index contributed by atoms with van der Waals surface area (Å²) in [6.07, 6.45) is 1.48. The summed E-state index contributed by atoms with van der Waals surface area (Å²) in [4.78, 5) is 10.9. The summed E-state index contributed by atoms with van der Waals surface area (Å²) in [5.41, 5.74) is 0. The van der Waals surface area contributed by atoms with Gasteiger partial charge in [-0.3, -0.25) is 4.79 Å². The fourth-order valence-electron chi connectivity index (χ4n) is 1.65. The summed E-state index contributed by atoms with van der Waals surface area (Å²) in [7, 11) is 1.34. The van der Waals surface area contributed by atoms with Crippen LogP contribution in [0.5, 0.6) is 0 Å². The number of hydrogen-bond acceptors (Lipinski definition) is 4. The van der Waals surface area contributed by atoms with Gasteiger partial charge >= 0.3 is 5.97 Å². The lowest BCUT2D eigenvalue weighted by Gasteiger charge is -2.26. The molecule has 4 nitrogen and oxygen atoms in total. The van der Waals surface area contributed by atoms with Crippen molar-refractivity contribution in [1.82, 2.24) is 5.32 Å². The van der Waals surface area contributed by atoms with Crippen molar-refractivity contribution in [2.24, 2.45) is 5.92 Å². The molecule has 0 saturated carbocycles. The van der Waals surface area contributed by atoms with Crippen molar-refractivity contribution in [2.75, 3.05) is 20.2 Å². The molecule has 1 rings (SSSR count). The quantitative estimate of drug-likeness (QED) is 0.606. The summed E-state index contributed by atoms with van der Waals surface area (Å²) < 4.78 is 4.50. The lowest BCUT2D eigenvalue weighted by molar-refractivity contribution is -0.143. The van der Waals surface area contributed by atoms with Crippen LogP contribution in [-0.2, 0) is 9.53 Å². The Morgan fingerprint density at radius 3 is 2.77 bits per heavy atom. The number of ether oxygens (including phenoxy) is 1. The Kier molecular flexibility index (Phi) is 4.18. The van der Waals surface area contributed by atoms with Crippen molar-refractivity contribution in [2.45, 2.75) is 25.4 Å². The van der Waals surface area contributed by atoms with Gasteiger partial charge in [-0.25, -0.2) is 0 Å². The monoisotopic (exact) mass is 187 g/mol. The third kappa shape index (κ3) is 3.32. The molecule has 0 bridgehead atoms. The van der Waals surface area contributed by atoms with Crippen molar-refractivity contribution in [3.8, 4) is 0 Å². The van der Waals surface area contributed by atoms with E-state index >= 15 is 0 Å². The maximum absolute atomic E-state index is 10.9. The minimum atomic E-state index is -0.533. The molecule has 1 heterocycles. The zero-order chi connectivity index (χ0) is 9.68. The lowest BCUT2D eigenvalue weighted by Crippen LogP contribution is -2.35. The number of nitrogens with one attached hydrogen (secondary N) is 1. The molecule has 13 heavy (non-hydrogen) atoms. The molecule has 0 spiro atoms. The van der Waals surface area contributed by atoms with Crippen molar-refractivity contribution in [3.05, 3.63) is 0 Å². The van der Waals surface area contributed by atoms with Crippen LogP contribution in [0.1, 0.15) is 19.3 Å². The van der Waals surface area contributed by atoms with Crippen LogP contribution in [-0.4, -0.2) is 37.4 Å². The summed E-state index contributed by atoms with van der Waals surface area (Å²) in [5, 5.41) is 12.9. The topological polar surface area (TPSA) is 58.6 Å². The Hall–Kier alpha value is -0.610. The van der Waals surface area contributed by atoms with E-state index < -0.39 is 6.10 Å². The first-order valence-electron chi connectivity index (χ1n) is 4.69. The second-order valence-corrected chi connectivity index (χ2v) is 3.44. The first kappa shape index (κ1) is 10.5. The molecular weight excluding hydrogens is 170 g/mol. The zero-order valence-electron chi connectivity index (χ0n) is 7.95. The van der Waals surface area contributed by atoms with Crippen LogP contribution in [0.3, 0.4) is 0 Å². The van der Waals surface area contributed by atoms with Gasteiger partial charge in [-0.2, -0.15) is 0 Å². The summed E-state index contributed by atoms with van der Waals surface area (Å²) in [6.45, 7) is 1.87. The fourth-order valence-corrected chi connectivity index (χ4v) is 1.65. The van der Waals surface area contributed by atoms with Gasteiger partial charge in [-0.05, 0) is 31.8 Å². The average molecular weight is 187 g/mol. The molecule has 0 amide bonds. The third-order valence-corrected chi connectivity index (χ3v) is 2.53. The maximum atomic E-state index is 10.9. The number of hydrogen-bond donors (Lipinski definition) is 2. The Labute approximate surface area is 78.3 Å². The Bertz CT molecular complexity index is 166. The molecule has 2 N–H and O–H groups in total. The van der Waals surface area contributed by atoms with Crippen LogP contribution in [0.4, 0.5) is 0 Å². The number of aliphatic hydroxyl groups is 1. The Morgan fingerprint density at radius 1 is 1.62 bits per heavy atom. The highest BCUT2D eigenvalue weighted by Crippen LogP contribution is 2.18. The standard InChI is InChI=1S/C9H17NO3/c1-13-9(12)6-8(11)7-2-4-10-5-3-7/h7-8,10-11H,2-6H2,1H3/t8-/m0/s1. The van der Waals surface area contributed by atoms with Gasteiger partial charge in [0.25, 0.3) is 0 Å². The molecule has 0 aromatic carbocycles. The van der Waals surface area contributed by atoms with Crippen LogP contribution in [0.2, 0.25) is 0 Å². The molecule has 4 heteroatoms. The molecule has 0 unspecified atom stereocenters. The van der Waals surface area contributed by atoms with E-state index in [1.165, 1.54) is 7.11 Å². The van der Waals surface area contributed by atoms with Gasteiger partial charge in [-0.1, -0.05) is 0 Å². The normalized spacial score (nSPS) is 21.1. The van der Waals surface area contributed by atoms with E-state index in [2.05, 4.69) is 10.1 Å². The van der Waals surface area contributed by atoms with E-state index in [-0.39, 0.29) is 18.3 Å². The number of piperidine rings is 1. The predicted octanol–water partition coefficient (Wildman–Crippen LogP) is -0.0900. The molecule has 1 atom stereocenters. The van der Waals surface area contributed by atoms with Crippen LogP contribution in [0.15, 0.2) is 0 Å². The summed E-state index contributed by atoms with van der Waals surface area (Å²) >= 11 is 0. The number of aliphatic hydroxyl groups excluding tert-OH is 1. The number of methoxy groups -OCH3 is 1. The van der Waals surface area contributed by atoms with Crippen LogP contribution >= 0.6 is 0 Å². The highest BCUT2D eigenvalue weighted by molar-refractivity contribution is 5.69. The van der Waals surface area contributed by atoms with Crippen molar-refractivity contribution >= 4 is 5.97 Å². The van der Waals surface area contributed by atoms with E-state index in [0.717, 1.165) is 25.9 Å². The van der Waals surface area contributed by atoms with Gasteiger partial charge in [0.1, 0.15) is 0 Å². The molecule has 0 aromatic heterocycles. The average Bonchev–Trinajstić information content (AvgIpc) is 2.19. The predicted molar refractivity (Wildman–Crippen MR) is 48.2 cm³/mol. The van der Waals surface area contributed by atoms with Gasteiger partial charge in [0, 0.05) is 0 Å². The summed E-state index contributed by atoms with van der Waals surface area (Å²) in [5.74, 6) is -0.0774. The van der Waals surface area contributed by atoms with Crippen LogP contribution in [0, 0.1) is 5.92 Å². The first-order valence-corrected chi connectivity index (χ1v) is 4.69.